The first-order valence-corrected chi connectivity index (χ1v) is 12.5. The lowest BCUT2D eigenvalue weighted by atomic mass is 9.87. The molecule has 5 nitrogen and oxygen atoms in total. The molecule has 0 saturated carbocycles. The number of aromatic nitrogens is 1. The zero-order valence-electron chi connectivity index (χ0n) is 18.4. The summed E-state index contributed by atoms with van der Waals surface area (Å²) in [6, 6.07) is 7.34. The van der Waals surface area contributed by atoms with E-state index in [0.29, 0.717) is 18.0 Å². The highest BCUT2D eigenvalue weighted by molar-refractivity contribution is 7.89. The smallest absolute Gasteiger partial charge is 0.243 e. The molecule has 1 fully saturated rings. The van der Waals surface area contributed by atoms with Crippen LogP contribution in [0.25, 0.3) is 0 Å². The standard InChI is InChI=1S/C22H33N3O2S2/c1-21(2,3)17-7-9-18(10-8-17)29(26,27)25-13-11-24(12-14-25)15-20-23-19(16-28-20)22(4,5)6/h7-10,16H,11-15H2,1-6H3. The van der Waals surface area contributed by atoms with E-state index in [2.05, 4.69) is 51.8 Å². The molecule has 0 spiro atoms. The fourth-order valence-electron chi connectivity index (χ4n) is 3.32. The number of sulfonamides is 1. The number of rotatable bonds is 4. The zero-order valence-corrected chi connectivity index (χ0v) is 20.0. The maximum absolute atomic E-state index is 13.0. The van der Waals surface area contributed by atoms with Crippen LogP contribution in [-0.4, -0.2) is 48.8 Å². The van der Waals surface area contributed by atoms with Crippen molar-refractivity contribution in [3.05, 3.63) is 45.9 Å². The predicted molar refractivity (Wildman–Crippen MR) is 120 cm³/mol. The maximum Gasteiger partial charge on any atom is 0.243 e. The van der Waals surface area contributed by atoms with E-state index in [1.54, 1.807) is 27.8 Å². The predicted octanol–water partition coefficient (Wildman–Crippen LogP) is 4.24. The van der Waals surface area contributed by atoms with Crippen LogP contribution in [0.2, 0.25) is 0 Å². The van der Waals surface area contributed by atoms with E-state index in [1.165, 1.54) is 0 Å². The lowest BCUT2D eigenvalue weighted by Gasteiger charge is -2.33. The monoisotopic (exact) mass is 435 g/mol. The van der Waals surface area contributed by atoms with Gasteiger partial charge in [0.2, 0.25) is 10.0 Å². The van der Waals surface area contributed by atoms with Gasteiger partial charge in [-0.3, -0.25) is 4.90 Å². The summed E-state index contributed by atoms with van der Waals surface area (Å²) in [6.07, 6.45) is 0. The topological polar surface area (TPSA) is 53.5 Å². The first-order chi connectivity index (χ1) is 13.4. The fraction of sp³-hybridized carbons (Fsp3) is 0.591. The van der Waals surface area contributed by atoms with Gasteiger partial charge in [-0.15, -0.1) is 11.3 Å². The summed E-state index contributed by atoms with van der Waals surface area (Å²) in [6.45, 7) is 16.2. The van der Waals surface area contributed by atoms with Gasteiger partial charge < -0.3 is 0 Å². The Balaban J connectivity index is 1.61. The number of thiazole rings is 1. The molecule has 3 rings (SSSR count). The molecule has 0 unspecified atom stereocenters. The van der Waals surface area contributed by atoms with Gasteiger partial charge in [-0.05, 0) is 23.1 Å². The average Bonchev–Trinajstić information content (AvgIpc) is 3.10. The second kappa shape index (κ2) is 8.10. The highest BCUT2D eigenvalue weighted by Gasteiger charge is 2.29. The Hall–Kier alpha value is -1.28. The molecule has 0 bridgehead atoms. The molecular formula is C22H33N3O2S2. The third-order valence-electron chi connectivity index (χ3n) is 5.37. The van der Waals surface area contributed by atoms with Crippen molar-refractivity contribution in [3.63, 3.8) is 0 Å². The minimum Gasteiger partial charge on any atom is -0.294 e. The number of hydrogen-bond donors (Lipinski definition) is 0. The molecular weight excluding hydrogens is 402 g/mol. The van der Waals surface area contributed by atoms with Crippen molar-refractivity contribution >= 4 is 21.4 Å². The molecule has 0 atom stereocenters. The summed E-state index contributed by atoms with van der Waals surface area (Å²) in [7, 11) is -3.44. The SMILES string of the molecule is CC(C)(C)c1ccc(S(=O)(=O)N2CCN(Cc3nc(C(C)(C)C)cs3)CC2)cc1. The van der Waals surface area contributed by atoms with E-state index < -0.39 is 10.0 Å². The summed E-state index contributed by atoms with van der Waals surface area (Å²) >= 11 is 1.69. The molecule has 1 aromatic carbocycles. The van der Waals surface area contributed by atoms with Crippen LogP contribution in [0.1, 0.15) is 57.8 Å². The van der Waals surface area contributed by atoms with Crippen molar-refractivity contribution in [2.75, 3.05) is 26.2 Å². The van der Waals surface area contributed by atoms with Gasteiger partial charge in [0.05, 0.1) is 17.1 Å². The molecule has 7 heteroatoms. The molecule has 1 aromatic heterocycles. The Bertz CT molecular complexity index is 928. The van der Waals surface area contributed by atoms with E-state index in [9.17, 15) is 8.42 Å². The van der Waals surface area contributed by atoms with Gasteiger partial charge in [0.1, 0.15) is 5.01 Å². The van der Waals surface area contributed by atoms with Crippen LogP contribution in [0.15, 0.2) is 34.5 Å². The molecule has 29 heavy (non-hydrogen) atoms. The quantitative estimate of drug-likeness (QED) is 0.721. The van der Waals surface area contributed by atoms with Gasteiger partial charge >= 0.3 is 0 Å². The van der Waals surface area contributed by atoms with Crippen molar-refractivity contribution in [2.24, 2.45) is 0 Å². The van der Waals surface area contributed by atoms with Crippen LogP contribution in [0.4, 0.5) is 0 Å². The third-order valence-corrected chi connectivity index (χ3v) is 8.11. The third kappa shape index (κ3) is 5.26. The van der Waals surface area contributed by atoms with Crippen LogP contribution < -0.4 is 0 Å². The first kappa shape index (κ1) is 22.4. The maximum atomic E-state index is 13.0. The highest BCUT2D eigenvalue weighted by atomic mass is 32.2. The minimum absolute atomic E-state index is 0.0105. The normalized spacial score (nSPS) is 17.6. The Morgan fingerprint density at radius 3 is 2.00 bits per heavy atom. The summed E-state index contributed by atoms with van der Waals surface area (Å²) < 4.78 is 27.7. The Kier molecular flexibility index (Phi) is 6.26. The molecule has 0 radical (unpaired) electrons. The first-order valence-electron chi connectivity index (χ1n) is 10.2. The van der Waals surface area contributed by atoms with E-state index in [1.807, 2.05) is 12.1 Å². The number of hydrogen-bond acceptors (Lipinski definition) is 5. The van der Waals surface area contributed by atoms with Crippen LogP contribution in [0.5, 0.6) is 0 Å². The lowest BCUT2D eigenvalue weighted by molar-refractivity contribution is 0.181. The van der Waals surface area contributed by atoms with Crippen molar-refractivity contribution in [3.8, 4) is 0 Å². The van der Waals surface area contributed by atoms with E-state index >= 15 is 0 Å². The number of nitrogens with zero attached hydrogens (tertiary/aromatic N) is 3. The lowest BCUT2D eigenvalue weighted by Crippen LogP contribution is -2.48. The number of piperazine rings is 1. The molecule has 0 N–H and O–H groups in total. The van der Waals surface area contributed by atoms with Gasteiger partial charge in [0.25, 0.3) is 0 Å². The van der Waals surface area contributed by atoms with Gasteiger partial charge in [-0.1, -0.05) is 53.7 Å². The second-order valence-corrected chi connectivity index (χ2v) is 12.7. The van der Waals surface area contributed by atoms with Gasteiger partial charge in [-0.2, -0.15) is 4.31 Å². The summed E-state index contributed by atoms with van der Waals surface area (Å²) in [4.78, 5) is 7.44. The fourth-order valence-corrected chi connectivity index (χ4v) is 5.81. The van der Waals surface area contributed by atoms with E-state index in [4.69, 9.17) is 4.98 Å². The van der Waals surface area contributed by atoms with E-state index in [-0.39, 0.29) is 10.8 Å². The Labute approximate surface area is 179 Å². The largest absolute Gasteiger partial charge is 0.294 e. The molecule has 0 aliphatic carbocycles. The van der Waals surface area contributed by atoms with Crippen LogP contribution >= 0.6 is 11.3 Å². The van der Waals surface area contributed by atoms with Crippen LogP contribution in [0, 0.1) is 0 Å². The summed E-state index contributed by atoms with van der Waals surface area (Å²) in [5.74, 6) is 0. The second-order valence-electron chi connectivity index (χ2n) is 9.83. The highest BCUT2D eigenvalue weighted by Crippen LogP contribution is 2.26. The summed E-state index contributed by atoms with van der Waals surface area (Å²) in [5, 5.41) is 3.24. The molecule has 0 amide bonds. The molecule has 1 aliphatic rings. The Morgan fingerprint density at radius 1 is 0.931 bits per heavy atom. The molecule has 160 valence electrons. The van der Waals surface area contributed by atoms with E-state index in [0.717, 1.165) is 35.9 Å². The summed E-state index contributed by atoms with van der Waals surface area (Å²) in [5.41, 5.74) is 2.33. The van der Waals surface area contributed by atoms with Crippen LogP contribution in [0.3, 0.4) is 0 Å². The minimum atomic E-state index is -3.44. The van der Waals surface area contributed by atoms with Crippen LogP contribution in [-0.2, 0) is 27.4 Å². The molecule has 1 aliphatic heterocycles. The van der Waals surface area contributed by atoms with Gasteiger partial charge in [0.15, 0.2) is 0 Å². The number of benzene rings is 1. The van der Waals surface area contributed by atoms with Crippen molar-refractivity contribution in [1.29, 1.82) is 0 Å². The van der Waals surface area contributed by atoms with Crippen molar-refractivity contribution < 1.29 is 8.42 Å². The zero-order chi connectivity index (χ0) is 21.4. The molecule has 1 saturated heterocycles. The van der Waals surface area contributed by atoms with Gasteiger partial charge in [-0.25, -0.2) is 13.4 Å². The Morgan fingerprint density at radius 2 is 1.52 bits per heavy atom. The van der Waals surface area contributed by atoms with Gasteiger partial charge in [0, 0.05) is 37.0 Å². The average molecular weight is 436 g/mol. The molecule has 2 aromatic rings. The van der Waals surface area contributed by atoms with Crippen molar-refractivity contribution in [2.45, 2.75) is 63.8 Å². The molecule has 2 heterocycles. The van der Waals surface area contributed by atoms with Crippen molar-refractivity contribution in [1.82, 2.24) is 14.2 Å².